The van der Waals surface area contributed by atoms with Crippen molar-refractivity contribution < 1.29 is 9.90 Å². The van der Waals surface area contributed by atoms with E-state index >= 15 is 0 Å². The number of carbonyl (C=O) groups excluding carboxylic acids is 1. The zero-order chi connectivity index (χ0) is 16.9. The summed E-state index contributed by atoms with van der Waals surface area (Å²) in [5.74, 6) is -0.0510. The number of aliphatic hydroxyl groups excluding tert-OH is 1. The van der Waals surface area contributed by atoms with Crippen molar-refractivity contribution >= 4 is 22.9 Å². The molecule has 1 saturated heterocycles. The molecule has 0 aliphatic carbocycles. The Labute approximate surface area is 147 Å². The van der Waals surface area contributed by atoms with Crippen molar-refractivity contribution in [3.63, 3.8) is 0 Å². The fraction of sp³-hybridized carbons (Fsp3) is 0.421. The van der Waals surface area contributed by atoms with Gasteiger partial charge in [0.05, 0.1) is 6.10 Å². The maximum Gasteiger partial charge on any atom is 0.221 e. The standard InChI is InChI=1S/C19H24N2O2S/c1-14(22)20-16-8-6-15(7-9-16)13-21-10-2-4-17(21)12-18(23)19-5-3-11-24-19/h3,5-9,11,17-18,23H,2,4,10,12-13H2,1H3,(H,20,22). The van der Waals surface area contributed by atoms with E-state index in [9.17, 15) is 9.90 Å². The van der Waals surface area contributed by atoms with E-state index in [4.69, 9.17) is 0 Å². The van der Waals surface area contributed by atoms with Gasteiger partial charge in [0, 0.05) is 30.1 Å². The zero-order valence-electron chi connectivity index (χ0n) is 13.9. The first-order valence-electron chi connectivity index (χ1n) is 8.44. The summed E-state index contributed by atoms with van der Waals surface area (Å²) in [6, 6.07) is 12.5. The fourth-order valence-electron chi connectivity index (χ4n) is 3.36. The SMILES string of the molecule is CC(=O)Nc1ccc(CN2CCCC2CC(O)c2cccs2)cc1. The lowest BCUT2D eigenvalue weighted by Crippen LogP contribution is -2.30. The molecule has 4 nitrogen and oxygen atoms in total. The van der Waals surface area contributed by atoms with Crippen LogP contribution in [0.4, 0.5) is 5.69 Å². The molecule has 0 bridgehead atoms. The molecule has 2 unspecified atom stereocenters. The molecule has 1 aliphatic heterocycles. The first-order valence-corrected chi connectivity index (χ1v) is 9.32. The number of nitrogens with zero attached hydrogens (tertiary/aromatic N) is 1. The summed E-state index contributed by atoms with van der Waals surface area (Å²) in [4.78, 5) is 14.6. The number of rotatable bonds is 6. The highest BCUT2D eigenvalue weighted by Crippen LogP contribution is 2.30. The molecule has 3 rings (SSSR count). The predicted molar refractivity (Wildman–Crippen MR) is 98.1 cm³/mol. The van der Waals surface area contributed by atoms with Gasteiger partial charge in [-0.3, -0.25) is 9.69 Å². The lowest BCUT2D eigenvalue weighted by molar-refractivity contribution is -0.114. The molecule has 2 atom stereocenters. The molecule has 128 valence electrons. The van der Waals surface area contributed by atoms with E-state index in [0.29, 0.717) is 6.04 Å². The van der Waals surface area contributed by atoms with Gasteiger partial charge in [0.2, 0.25) is 5.91 Å². The topological polar surface area (TPSA) is 52.6 Å². The van der Waals surface area contributed by atoms with Gasteiger partial charge in [0.25, 0.3) is 0 Å². The largest absolute Gasteiger partial charge is 0.388 e. The molecule has 1 fully saturated rings. The lowest BCUT2D eigenvalue weighted by Gasteiger charge is -2.26. The van der Waals surface area contributed by atoms with Gasteiger partial charge in [-0.25, -0.2) is 0 Å². The second-order valence-electron chi connectivity index (χ2n) is 6.41. The summed E-state index contributed by atoms with van der Waals surface area (Å²) in [6.45, 7) is 3.49. The molecule has 2 N–H and O–H groups in total. The van der Waals surface area contributed by atoms with Crippen molar-refractivity contribution in [1.82, 2.24) is 4.90 Å². The van der Waals surface area contributed by atoms with Crippen molar-refractivity contribution in [2.24, 2.45) is 0 Å². The Morgan fingerprint density at radius 2 is 2.17 bits per heavy atom. The highest BCUT2D eigenvalue weighted by atomic mass is 32.1. The van der Waals surface area contributed by atoms with Crippen LogP contribution in [0.25, 0.3) is 0 Å². The summed E-state index contributed by atoms with van der Waals surface area (Å²) >= 11 is 1.62. The second kappa shape index (κ2) is 7.92. The van der Waals surface area contributed by atoms with Crippen LogP contribution in [-0.2, 0) is 11.3 Å². The smallest absolute Gasteiger partial charge is 0.221 e. The van der Waals surface area contributed by atoms with E-state index in [1.54, 1.807) is 11.3 Å². The maximum atomic E-state index is 11.1. The number of carbonyl (C=O) groups is 1. The Bertz CT molecular complexity index is 655. The number of likely N-dealkylation sites (tertiary alicyclic amines) is 1. The van der Waals surface area contributed by atoms with Gasteiger partial charge >= 0.3 is 0 Å². The molecule has 0 saturated carbocycles. The quantitative estimate of drug-likeness (QED) is 0.838. The van der Waals surface area contributed by atoms with Gasteiger partial charge in [0.1, 0.15) is 0 Å². The van der Waals surface area contributed by atoms with E-state index in [-0.39, 0.29) is 12.0 Å². The van der Waals surface area contributed by atoms with Crippen LogP contribution in [0.2, 0.25) is 0 Å². The van der Waals surface area contributed by atoms with Gasteiger partial charge < -0.3 is 10.4 Å². The Kier molecular flexibility index (Phi) is 5.66. The average Bonchev–Trinajstić information content (AvgIpc) is 3.21. The van der Waals surface area contributed by atoms with Crippen LogP contribution in [0.1, 0.15) is 42.7 Å². The Balaban J connectivity index is 1.58. The van der Waals surface area contributed by atoms with Crippen LogP contribution >= 0.6 is 11.3 Å². The van der Waals surface area contributed by atoms with Crippen LogP contribution in [0.15, 0.2) is 41.8 Å². The minimum Gasteiger partial charge on any atom is -0.388 e. The maximum absolute atomic E-state index is 11.1. The average molecular weight is 344 g/mol. The number of thiophene rings is 1. The zero-order valence-corrected chi connectivity index (χ0v) is 14.8. The molecular formula is C19H24N2O2S. The second-order valence-corrected chi connectivity index (χ2v) is 7.39. The highest BCUT2D eigenvalue weighted by Gasteiger charge is 2.27. The summed E-state index contributed by atoms with van der Waals surface area (Å²) in [6.07, 6.45) is 2.76. The third-order valence-corrected chi connectivity index (χ3v) is 5.50. The van der Waals surface area contributed by atoms with E-state index in [0.717, 1.165) is 36.5 Å². The molecule has 2 heterocycles. The van der Waals surface area contributed by atoms with Gasteiger partial charge in [-0.2, -0.15) is 0 Å². The number of hydrogen-bond donors (Lipinski definition) is 2. The van der Waals surface area contributed by atoms with Gasteiger partial charge in [-0.1, -0.05) is 18.2 Å². The normalized spacial score (nSPS) is 19.3. The number of anilines is 1. The minimum absolute atomic E-state index is 0.0510. The first-order chi connectivity index (χ1) is 11.6. The Hall–Kier alpha value is -1.69. The molecule has 1 aliphatic rings. The van der Waals surface area contributed by atoms with Gasteiger partial charge in [0.15, 0.2) is 0 Å². The summed E-state index contributed by atoms with van der Waals surface area (Å²) in [5.41, 5.74) is 2.07. The monoisotopic (exact) mass is 344 g/mol. The molecule has 1 aromatic carbocycles. The summed E-state index contributed by atoms with van der Waals surface area (Å²) in [5, 5.41) is 15.2. The van der Waals surface area contributed by atoms with Crippen LogP contribution < -0.4 is 5.32 Å². The first kappa shape index (κ1) is 17.1. The van der Waals surface area contributed by atoms with E-state index in [1.807, 2.05) is 29.6 Å². The molecule has 1 aromatic heterocycles. The van der Waals surface area contributed by atoms with Gasteiger partial charge in [-0.05, 0) is 54.9 Å². The van der Waals surface area contributed by atoms with E-state index in [2.05, 4.69) is 22.3 Å². The van der Waals surface area contributed by atoms with Crippen molar-refractivity contribution in [3.8, 4) is 0 Å². The van der Waals surface area contributed by atoms with Crippen LogP contribution in [0.5, 0.6) is 0 Å². The van der Waals surface area contributed by atoms with Crippen LogP contribution in [-0.4, -0.2) is 28.5 Å². The number of benzene rings is 1. The van der Waals surface area contributed by atoms with Crippen molar-refractivity contribution in [2.75, 3.05) is 11.9 Å². The molecular weight excluding hydrogens is 320 g/mol. The summed E-state index contributed by atoms with van der Waals surface area (Å²) in [7, 11) is 0. The van der Waals surface area contributed by atoms with Crippen LogP contribution in [0, 0.1) is 0 Å². The lowest BCUT2D eigenvalue weighted by atomic mass is 10.1. The molecule has 24 heavy (non-hydrogen) atoms. The van der Waals surface area contributed by atoms with Crippen molar-refractivity contribution in [1.29, 1.82) is 0 Å². The summed E-state index contributed by atoms with van der Waals surface area (Å²) < 4.78 is 0. The predicted octanol–water partition coefficient (Wildman–Crippen LogP) is 3.79. The number of nitrogens with one attached hydrogen (secondary N) is 1. The van der Waals surface area contributed by atoms with Crippen molar-refractivity contribution in [3.05, 3.63) is 52.2 Å². The number of aliphatic hydroxyl groups is 1. The molecule has 5 heteroatoms. The molecule has 2 aromatic rings. The number of hydrogen-bond acceptors (Lipinski definition) is 4. The number of amides is 1. The third-order valence-electron chi connectivity index (χ3n) is 4.53. The third kappa shape index (κ3) is 4.44. The fourth-order valence-corrected chi connectivity index (χ4v) is 4.08. The molecule has 1 amide bonds. The van der Waals surface area contributed by atoms with E-state index < -0.39 is 0 Å². The highest BCUT2D eigenvalue weighted by molar-refractivity contribution is 7.10. The van der Waals surface area contributed by atoms with Gasteiger partial charge in [-0.15, -0.1) is 11.3 Å². The Morgan fingerprint density at radius 3 is 2.83 bits per heavy atom. The Morgan fingerprint density at radius 1 is 1.38 bits per heavy atom. The van der Waals surface area contributed by atoms with E-state index in [1.165, 1.54) is 18.9 Å². The van der Waals surface area contributed by atoms with Crippen LogP contribution in [0.3, 0.4) is 0 Å². The molecule has 0 spiro atoms. The van der Waals surface area contributed by atoms with Crippen molar-refractivity contribution in [2.45, 2.75) is 44.9 Å². The minimum atomic E-state index is -0.363. The molecule has 0 radical (unpaired) electrons.